The van der Waals surface area contributed by atoms with Crippen LogP contribution in [0.5, 0.6) is 0 Å². The number of hydrogen-bond acceptors (Lipinski definition) is 4. The minimum atomic E-state index is -0.0719. The third-order valence-corrected chi connectivity index (χ3v) is 7.33. The summed E-state index contributed by atoms with van der Waals surface area (Å²) in [4.78, 5) is 33.9. The predicted molar refractivity (Wildman–Crippen MR) is 119 cm³/mol. The molecular weight excluding hydrogens is 400 g/mol. The predicted octanol–water partition coefficient (Wildman–Crippen LogP) is 5.49. The van der Waals surface area contributed by atoms with Gasteiger partial charge in [-0.2, -0.15) is 0 Å². The van der Waals surface area contributed by atoms with E-state index in [2.05, 4.69) is 36.3 Å². The van der Waals surface area contributed by atoms with Gasteiger partial charge in [0.2, 0.25) is 0 Å². The fourth-order valence-electron chi connectivity index (χ4n) is 4.15. The topological polar surface area (TPSA) is 53.2 Å². The standard InChI is InChI=1S/C23H26N2O2S2/c1-15-20-18(12-23(2,3)13-19(20)26)24-21(15)22(27)25(14-17-7-5-11-29-17)9-8-16-6-4-10-28-16/h4-7,10-11,24H,8-9,12-14H2,1-3H3. The maximum Gasteiger partial charge on any atom is 0.270 e. The first kappa shape index (κ1) is 20.1. The zero-order chi connectivity index (χ0) is 20.6. The number of amides is 1. The second kappa shape index (κ2) is 7.92. The largest absolute Gasteiger partial charge is 0.354 e. The van der Waals surface area contributed by atoms with Crippen molar-refractivity contribution in [3.63, 3.8) is 0 Å². The third-order valence-electron chi connectivity index (χ3n) is 5.54. The van der Waals surface area contributed by atoms with Crippen molar-refractivity contribution in [3.05, 3.63) is 67.3 Å². The van der Waals surface area contributed by atoms with E-state index in [0.717, 1.165) is 34.5 Å². The highest BCUT2D eigenvalue weighted by atomic mass is 32.1. The van der Waals surface area contributed by atoms with Crippen LogP contribution in [0.1, 0.15) is 62.1 Å². The molecule has 0 saturated carbocycles. The number of ketones is 1. The number of carbonyl (C=O) groups excluding carboxylic acids is 2. The van der Waals surface area contributed by atoms with Crippen molar-refractivity contribution in [1.29, 1.82) is 0 Å². The van der Waals surface area contributed by atoms with Crippen LogP contribution >= 0.6 is 22.7 Å². The Balaban J connectivity index is 1.62. The highest BCUT2D eigenvalue weighted by Crippen LogP contribution is 2.37. The molecule has 1 N–H and O–H groups in total. The summed E-state index contributed by atoms with van der Waals surface area (Å²) in [6.07, 6.45) is 2.16. The van der Waals surface area contributed by atoms with Crippen molar-refractivity contribution in [1.82, 2.24) is 9.88 Å². The number of nitrogens with zero attached hydrogens (tertiary/aromatic N) is 1. The molecule has 0 aliphatic heterocycles. The summed E-state index contributed by atoms with van der Waals surface area (Å²) in [6, 6.07) is 8.23. The Kier molecular flexibility index (Phi) is 5.49. The SMILES string of the molecule is Cc1c(C(=O)N(CCc2cccs2)Cc2cccs2)[nH]c2c1C(=O)CC(C)(C)C2. The molecule has 3 aromatic rings. The van der Waals surface area contributed by atoms with E-state index in [-0.39, 0.29) is 17.1 Å². The van der Waals surface area contributed by atoms with E-state index in [4.69, 9.17) is 0 Å². The van der Waals surface area contributed by atoms with E-state index in [1.165, 1.54) is 4.88 Å². The number of fused-ring (bicyclic) bond motifs is 1. The molecule has 0 unspecified atom stereocenters. The summed E-state index contributed by atoms with van der Waals surface area (Å²) in [5.41, 5.74) is 2.96. The van der Waals surface area contributed by atoms with Gasteiger partial charge < -0.3 is 9.88 Å². The number of Topliss-reactive ketones (excluding diaryl/α,β-unsaturated/α-hetero) is 1. The lowest BCUT2D eigenvalue weighted by molar-refractivity contribution is 0.0740. The van der Waals surface area contributed by atoms with E-state index in [9.17, 15) is 9.59 Å². The number of thiophene rings is 2. The van der Waals surface area contributed by atoms with Crippen LogP contribution in [0.4, 0.5) is 0 Å². The number of rotatable bonds is 6. The fraction of sp³-hybridized carbons (Fsp3) is 0.391. The second-order valence-corrected chi connectivity index (χ2v) is 10.6. The molecule has 0 fully saturated rings. The van der Waals surface area contributed by atoms with E-state index >= 15 is 0 Å². The van der Waals surface area contributed by atoms with Gasteiger partial charge in [0.05, 0.1) is 6.54 Å². The Bertz CT molecular complexity index is 1010. The summed E-state index contributed by atoms with van der Waals surface area (Å²) in [5.74, 6) is 0.125. The van der Waals surface area contributed by atoms with Gasteiger partial charge in [0, 0.05) is 34.0 Å². The third kappa shape index (κ3) is 4.23. The average Bonchev–Trinajstić information content (AvgIpc) is 3.38. The van der Waals surface area contributed by atoms with Crippen LogP contribution in [0.25, 0.3) is 0 Å². The highest BCUT2D eigenvalue weighted by Gasteiger charge is 2.35. The van der Waals surface area contributed by atoms with E-state index in [1.54, 1.807) is 22.7 Å². The molecule has 3 aromatic heterocycles. The lowest BCUT2D eigenvalue weighted by atomic mass is 9.75. The molecule has 0 aromatic carbocycles. The first-order valence-corrected chi connectivity index (χ1v) is 11.7. The van der Waals surface area contributed by atoms with E-state index < -0.39 is 0 Å². The lowest BCUT2D eigenvalue weighted by Gasteiger charge is -2.28. The van der Waals surface area contributed by atoms with Gasteiger partial charge in [-0.1, -0.05) is 26.0 Å². The van der Waals surface area contributed by atoms with Crippen molar-refractivity contribution in [2.24, 2.45) is 5.41 Å². The van der Waals surface area contributed by atoms with Gasteiger partial charge in [-0.3, -0.25) is 9.59 Å². The molecule has 0 radical (unpaired) electrons. The molecule has 4 nitrogen and oxygen atoms in total. The van der Waals surface area contributed by atoms with Gasteiger partial charge in [-0.15, -0.1) is 22.7 Å². The molecule has 0 spiro atoms. The Morgan fingerprint density at radius 2 is 1.83 bits per heavy atom. The molecule has 0 bridgehead atoms. The number of nitrogens with one attached hydrogen (secondary N) is 1. The summed E-state index contributed by atoms with van der Waals surface area (Å²) < 4.78 is 0. The van der Waals surface area contributed by atoms with Gasteiger partial charge in [0.15, 0.2) is 5.78 Å². The molecule has 0 atom stereocenters. The molecule has 1 amide bonds. The zero-order valence-corrected chi connectivity index (χ0v) is 18.7. The number of aromatic amines is 1. The Morgan fingerprint density at radius 3 is 2.48 bits per heavy atom. The number of hydrogen-bond donors (Lipinski definition) is 1. The molecule has 152 valence electrons. The van der Waals surface area contributed by atoms with Crippen LogP contribution in [0.3, 0.4) is 0 Å². The minimum Gasteiger partial charge on any atom is -0.354 e. The molecule has 0 saturated heterocycles. The van der Waals surface area contributed by atoms with Crippen molar-refractivity contribution >= 4 is 34.4 Å². The molecule has 4 rings (SSSR count). The van der Waals surface area contributed by atoms with E-state index in [1.807, 2.05) is 29.3 Å². The van der Waals surface area contributed by atoms with Gasteiger partial charge in [-0.25, -0.2) is 0 Å². The van der Waals surface area contributed by atoms with Crippen LogP contribution in [0.15, 0.2) is 35.0 Å². The van der Waals surface area contributed by atoms with Gasteiger partial charge in [0.25, 0.3) is 5.91 Å². The monoisotopic (exact) mass is 426 g/mol. The molecule has 6 heteroatoms. The zero-order valence-electron chi connectivity index (χ0n) is 17.1. The Labute approximate surface area is 179 Å². The van der Waals surface area contributed by atoms with Crippen molar-refractivity contribution < 1.29 is 9.59 Å². The quantitative estimate of drug-likeness (QED) is 0.567. The van der Waals surface area contributed by atoms with Gasteiger partial charge in [0.1, 0.15) is 5.69 Å². The van der Waals surface area contributed by atoms with Gasteiger partial charge >= 0.3 is 0 Å². The highest BCUT2D eigenvalue weighted by molar-refractivity contribution is 7.10. The smallest absolute Gasteiger partial charge is 0.270 e. The van der Waals surface area contributed by atoms with Crippen molar-refractivity contribution in [3.8, 4) is 0 Å². The summed E-state index contributed by atoms with van der Waals surface area (Å²) in [5, 5.41) is 4.11. The van der Waals surface area contributed by atoms with Crippen LogP contribution < -0.4 is 0 Å². The Morgan fingerprint density at radius 1 is 1.14 bits per heavy atom. The van der Waals surface area contributed by atoms with Crippen LogP contribution in [0, 0.1) is 12.3 Å². The first-order chi connectivity index (χ1) is 13.8. The summed E-state index contributed by atoms with van der Waals surface area (Å²) in [6.45, 7) is 7.36. The number of H-pyrrole nitrogens is 1. The van der Waals surface area contributed by atoms with E-state index in [0.29, 0.717) is 25.2 Å². The Hall–Kier alpha value is -2.18. The fourth-order valence-corrected chi connectivity index (χ4v) is 5.57. The molecular formula is C23H26N2O2S2. The van der Waals surface area contributed by atoms with Crippen molar-refractivity contribution in [2.45, 2.75) is 46.6 Å². The number of aromatic nitrogens is 1. The number of carbonyl (C=O) groups is 2. The van der Waals surface area contributed by atoms with Crippen LogP contribution in [0.2, 0.25) is 0 Å². The minimum absolute atomic E-state index is 0.0209. The molecule has 3 heterocycles. The normalized spacial score (nSPS) is 15.3. The molecule has 1 aliphatic rings. The van der Waals surface area contributed by atoms with Crippen LogP contribution in [-0.2, 0) is 19.4 Å². The maximum atomic E-state index is 13.5. The summed E-state index contributed by atoms with van der Waals surface area (Å²) in [7, 11) is 0. The first-order valence-electron chi connectivity index (χ1n) is 9.93. The average molecular weight is 427 g/mol. The maximum absolute atomic E-state index is 13.5. The second-order valence-electron chi connectivity index (χ2n) is 8.55. The summed E-state index contributed by atoms with van der Waals surface area (Å²) >= 11 is 3.38. The van der Waals surface area contributed by atoms with Crippen molar-refractivity contribution in [2.75, 3.05) is 6.54 Å². The molecule has 1 aliphatic carbocycles. The van der Waals surface area contributed by atoms with Crippen LogP contribution in [-0.4, -0.2) is 28.1 Å². The molecule has 29 heavy (non-hydrogen) atoms. The lowest BCUT2D eigenvalue weighted by Crippen LogP contribution is -2.33. The van der Waals surface area contributed by atoms with Gasteiger partial charge in [-0.05, 0) is 53.6 Å².